The lowest BCUT2D eigenvalue weighted by molar-refractivity contribution is 0.674. The minimum atomic E-state index is -1.60. The normalized spacial score (nSPS) is 26.0. The summed E-state index contributed by atoms with van der Waals surface area (Å²) in [5.41, 5.74) is 0. The number of nitrogens with one attached hydrogen (secondary N) is 1. The molecule has 0 heterocycles. The van der Waals surface area contributed by atoms with E-state index in [0.717, 1.165) is 12.8 Å². The number of hydrogen-bond donors (Lipinski definition) is 2. The van der Waals surface area contributed by atoms with Crippen molar-refractivity contribution in [1.29, 1.82) is 4.78 Å². The van der Waals surface area contributed by atoms with E-state index in [2.05, 4.69) is 0 Å². The average molecular weight is 133 g/mol. The minimum absolute atomic E-state index is 0.241. The maximum absolute atomic E-state index is 10.5. The second-order valence-corrected chi connectivity index (χ2v) is 3.65. The Morgan fingerprint density at radius 1 is 1.38 bits per heavy atom. The molecule has 0 saturated heterocycles. The quantitative estimate of drug-likeness (QED) is 0.518. The van der Waals surface area contributed by atoms with Crippen LogP contribution in [0.25, 0.3) is 0 Å². The summed E-state index contributed by atoms with van der Waals surface area (Å²) in [7, 11) is -1.60. The summed E-state index contributed by atoms with van der Waals surface area (Å²) in [5, 5.41) is 0.241. The Balaban J connectivity index is 2.47. The van der Waals surface area contributed by atoms with Crippen molar-refractivity contribution in [3.63, 3.8) is 0 Å². The zero-order valence-electron chi connectivity index (χ0n) is 4.76. The zero-order valence-corrected chi connectivity index (χ0v) is 5.66. The van der Waals surface area contributed by atoms with Crippen molar-refractivity contribution in [1.82, 2.24) is 0 Å². The van der Waals surface area contributed by atoms with Gasteiger partial charge in [0.25, 0.3) is 0 Å². The molecule has 0 aromatic heterocycles. The molecule has 0 aliphatic heterocycles. The molecular weight excluding hydrogens is 122 g/mol. The van der Waals surface area contributed by atoms with E-state index < -0.39 is 10.6 Å². The van der Waals surface area contributed by atoms with Gasteiger partial charge in [-0.3, -0.25) is 8.99 Å². The molecule has 0 bridgehead atoms. The molecule has 2 nitrogen and oxygen atoms in total. The highest BCUT2D eigenvalue weighted by molar-refractivity contribution is 7.74. The summed E-state index contributed by atoms with van der Waals surface area (Å²) < 4.78 is 17.3. The molecule has 1 rings (SSSR count). The third-order valence-corrected chi connectivity index (χ3v) is 2.84. The van der Waals surface area contributed by atoms with Crippen molar-refractivity contribution in [2.24, 2.45) is 0 Å². The van der Waals surface area contributed by atoms with Crippen LogP contribution in [0.3, 0.4) is 0 Å². The molecule has 1 unspecified atom stereocenters. The van der Waals surface area contributed by atoms with Crippen molar-refractivity contribution in [3.8, 4) is 0 Å². The first kappa shape index (κ1) is 6.08. The number of thiol groups is 1. The Morgan fingerprint density at radius 2 is 1.88 bits per heavy atom. The summed E-state index contributed by atoms with van der Waals surface area (Å²) >= 11 is 0. The van der Waals surface area contributed by atoms with E-state index in [0.29, 0.717) is 0 Å². The largest absolute Gasteiger partial charge is 0.255 e. The molecule has 3 heteroatoms. The molecule has 1 atom stereocenters. The van der Waals surface area contributed by atoms with Gasteiger partial charge in [-0.05, 0) is 12.8 Å². The van der Waals surface area contributed by atoms with Crippen LogP contribution < -0.4 is 0 Å². The predicted molar refractivity (Wildman–Crippen MR) is 34.5 cm³/mol. The van der Waals surface area contributed by atoms with Crippen LogP contribution in [0.4, 0.5) is 0 Å². The summed E-state index contributed by atoms with van der Waals surface area (Å²) in [6.45, 7) is 0. The maximum Gasteiger partial charge on any atom is 0.0402 e. The minimum Gasteiger partial charge on any atom is -0.255 e. The Kier molecular flexibility index (Phi) is 1.89. The monoisotopic (exact) mass is 133 g/mol. The van der Waals surface area contributed by atoms with Gasteiger partial charge in [0.1, 0.15) is 0 Å². The van der Waals surface area contributed by atoms with Gasteiger partial charge in [0.2, 0.25) is 0 Å². The SMILES string of the molecule is N=[SH](=O)C1CCCC1. The van der Waals surface area contributed by atoms with Gasteiger partial charge >= 0.3 is 0 Å². The first-order chi connectivity index (χ1) is 3.80. The van der Waals surface area contributed by atoms with Gasteiger partial charge in [-0.2, -0.15) is 0 Å². The maximum atomic E-state index is 10.5. The Hall–Kier alpha value is -0.0500. The summed E-state index contributed by atoms with van der Waals surface area (Å²) in [6.07, 6.45) is 4.42. The van der Waals surface area contributed by atoms with E-state index in [-0.39, 0.29) is 5.25 Å². The van der Waals surface area contributed by atoms with Crippen molar-refractivity contribution in [2.45, 2.75) is 30.9 Å². The Bertz CT molecular complexity index is 127. The molecule has 1 saturated carbocycles. The van der Waals surface area contributed by atoms with Crippen LogP contribution >= 0.6 is 0 Å². The van der Waals surface area contributed by atoms with Crippen molar-refractivity contribution >= 4 is 10.6 Å². The smallest absolute Gasteiger partial charge is 0.0402 e. The predicted octanol–water partition coefficient (Wildman–Crippen LogP) is 1.17. The fourth-order valence-electron chi connectivity index (χ4n) is 1.14. The van der Waals surface area contributed by atoms with Crippen LogP contribution in [-0.4, -0.2) is 9.46 Å². The Morgan fingerprint density at radius 3 is 2.12 bits per heavy atom. The van der Waals surface area contributed by atoms with E-state index in [9.17, 15) is 4.21 Å². The van der Waals surface area contributed by atoms with Crippen molar-refractivity contribution in [3.05, 3.63) is 0 Å². The van der Waals surface area contributed by atoms with Crippen LogP contribution in [0, 0.1) is 4.78 Å². The second-order valence-electron chi connectivity index (χ2n) is 2.26. The molecule has 48 valence electrons. The first-order valence-corrected chi connectivity index (χ1v) is 4.31. The van der Waals surface area contributed by atoms with E-state index >= 15 is 0 Å². The zero-order chi connectivity index (χ0) is 5.98. The molecule has 0 amide bonds. The van der Waals surface area contributed by atoms with Gasteiger partial charge in [0.05, 0.1) is 0 Å². The molecule has 8 heavy (non-hydrogen) atoms. The fraction of sp³-hybridized carbons (Fsp3) is 1.00. The average Bonchev–Trinajstić information content (AvgIpc) is 2.12. The molecule has 1 fully saturated rings. The third-order valence-electron chi connectivity index (χ3n) is 1.66. The summed E-state index contributed by atoms with van der Waals surface area (Å²) in [5.74, 6) is 0. The van der Waals surface area contributed by atoms with Gasteiger partial charge in [0, 0.05) is 15.8 Å². The van der Waals surface area contributed by atoms with Crippen LogP contribution in [-0.2, 0) is 10.6 Å². The first-order valence-electron chi connectivity index (χ1n) is 2.98. The summed E-state index contributed by atoms with van der Waals surface area (Å²) in [4.78, 5) is 0. The highest BCUT2D eigenvalue weighted by atomic mass is 32.2. The lowest BCUT2D eigenvalue weighted by Crippen LogP contribution is -1.99. The van der Waals surface area contributed by atoms with E-state index in [4.69, 9.17) is 4.78 Å². The van der Waals surface area contributed by atoms with Crippen molar-refractivity contribution < 1.29 is 4.21 Å². The van der Waals surface area contributed by atoms with Gasteiger partial charge < -0.3 is 0 Å². The van der Waals surface area contributed by atoms with Crippen molar-refractivity contribution in [2.75, 3.05) is 0 Å². The third kappa shape index (κ3) is 1.22. The van der Waals surface area contributed by atoms with Gasteiger partial charge in [-0.25, -0.2) is 0 Å². The van der Waals surface area contributed by atoms with E-state index in [1.54, 1.807) is 0 Å². The van der Waals surface area contributed by atoms with Gasteiger partial charge in [-0.15, -0.1) is 0 Å². The molecule has 0 aromatic carbocycles. The molecule has 0 spiro atoms. The topological polar surface area (TPSA) is 40.9 Å². The van der Waals surface area contributed by atoms with Crippen LogP contribution in [0.2, 0.25) is 0 Å². The fourth-order valence-corrected chi connectivity index (χ4v) is 1.97. The van der Waals surface area contributed by atoms with E-state index in [1.165, 1.54) is 12.8 Å². The summed E-state index contributed by atoms with van der Waals surface area (Å²) in [6, 6.07) is 0. The van der Waals surface area contributed by atoms with Crippen LogP contribution in [0.5, 0.6) is 0 Å². The highest BCUT2D eigenvalue weighted by Crippen LogP contribution is 2.20. The van der Waals surface area contributed by atoms with Gasteiger partial charge in [0.15, 0.2) is 0 Å². The lowest BCUT2D eigenvalue weighted by atomic mass is 10.4. The standard InChI is InChI=1S/C5H11NOS/c6-8(7)5-3-1-2-4-5/h5-6,8H,1-4H2. The molecule has 0 aromatic rings. The Labute approximate surface area is 51.3 Å². The molecule has 1 aliphatic rings. The number of rotatable bonds is 1. The van der Waals surface area contributed by atoms with Crippen LogP contribution in [0.1, 0.15) is 25.7 Å². The van der Waals surface area contributed by atoms with Crippen LogP contribution in [0.15, 0.2) is 0 Å². The van der Waals surface area contributed by atoms with E-state index in [1.807, 2.05) is 0 Å². The molecule has 1 N–H and O–H groups in total. The molecule has 1 aliphatic carbocycles. The van der Waals surface area contributed by atoms with Gasteiger partial charge in [-0.1, -0.05) is 12.8 Å². The molecule has 0 radical (unpaired) electrons. The highest BCUT2D eigenvalue weighted by Gasteiger charge is 2.14. The second kappa shape index (κ2) is 2.49. The lowest BCUT2D eigenvalue weighted by Gasteiger charge is -1.95. The molecular formula is C5H11NOS. The number of hydrogen-bond acceptors (Lipinski definition) is 2.